The quantitative estimate of drug-likeness (QED) is 0.561. The van der Waals surface area contributed by atoms with Crippen LogP contribution in [0.4, 0.5) is 10.8 Å². The van der Waals surface area contributed by atoms with E-state index in [0.29, 0.717) is 15.8 Å². The van der Waals surface area contributed by atoms with Crippen molar-refractivity contribution in [3.8, 4) is 21.8 Å². The first kappa shape index (κ1) is 16.0. The summed E-state index contributed by atoms with van der Waals surface area (Å²) in [7, 11) is 1.81. The summed E-state index contributed by atoms with van der Waals surface area (Å²) in [5.41, 5.74) is 8.15. The first-order valence-corrected chi connectivity index (χ1v) is 8.50. The number of aryl methyl sites for hydroxylation is 1. The molecule has 9 heteroatoms. The number of nitrogens with one attached hydrogen (secondary N) is 1. The minimum absolute atomic E-state index is 0.183. The molecular weight excluding hydrogens is 352 g/mol. The van der Waals surface area contributed by atoms with Gasteiger partial charge in [-0.05, 0) is 6.07 Å². The Balaban J connectivity index is 1.72. The number of benzene rings is 1. The number of nitrogens with zero attached hydrogens (tertiary/aromatic N) is 4. The fourth-order valence-electron chi connectivity index (χ4n) is 2.47. The summed E-state index contributed by atoms with van der Waals surface area (Å²) in [6, 6.07) is 11.3. The zero-order valence-electron chi connectivity index (χ0n) is 13.7. The molecule has 0 spiro atoms. The highest BCUT2D eigenvalue weighted by molar-refractivity contribution is 7.19. The molecule has 0 unspecified atom stereocenters. The van der Waals surface area contributed by atoms with E-state index in [-0.39, 0.29) is 5.69 Å². The van der Waals surface area contributed by atoms with Gasteiger partial charge in [0, 0.05) is 36.5 Å². The summed E-state index contributed by atoms with van der Waals surface area (Å²) in [5, 5.41) is 12.5. The van der Waals surface area contributed by atoms with Crippen molar-refractivity contribution in [2.45, 2.75) is 0 Å². The summed E-state index contributed by atoms with van der Waals surface area (Å²) < 4.78 is 6.56. The van der Waals surface area contributed by atoms with Gasteiger partial charge in [-0.15, -0.1) is 0 Å². The summed E-state index contributed by atoms with van der Waals surface area (Å²) >= 11 is 1.33. The minimum Gasteiger partial charge on any atom is -0.364 e. The molecule has 130 valence electrons. The number of rotatable bonds is 5. The summed E-state index contributed by atoms with van der Waals surface area (Å²) in [4.78, 5) is 16.2. The van der Waals surface area contributed by atoms with Gasteiger partial charge in [-0.25, -0.2) is 4.98 Å². The van der Waals surface area contributed by atoms with E-state index in [9.17, 15) is 4.79 Å². The number of nitrogens with two attached hydrogens (primary N) is 1. The molecule has 1 aromatic carbocycles. The minimum atomic E-state index is -0.599. The van der Waals surface area contributed by atoms with Crippen molar-refractivity contribution in [1.82, 2.24) is 19.9 Å². The molecule has 1 amide bonds. The fraction of sp³-hybridized carbons (Fsp3) is 0.0588. The molecule has 8 nitrogen and oxygen atoms in total. The molecule has 0 saturated carbocycles. The number of primary amides is 1. The predicted molar refractivity (Wildman–Crippen MR) is 98.1 cm³/mol. The van der Waals surface area contributed by atoms with Gasteiger partial charge in [-0.3, -0.25) is 9.48 Å². The molecule has 0 atom stereocenters. The van der Waals surface area contributed by atoms with E-state index in [0.717, 1.165) is 16.8 Å². The lowest BCUT2D eigenvalue weighted by Gasteiger charge is -2.00. The van der Waals surface area contributed by atoms with Gasteiger partial charge in [0.25, 0.3) is 5.91 Å². The van der Waals surface area contributed by atoms with Crippen LogP contribution in [0.25, 0.3) is 21.8 Å². The second-order valence-electron chi connectivity index (χ2n) is 5.53. The summed E-state index contributed by atoms with van der Waals surface area (Å²) in [6.45, 7) is 0. The fourth-order valence-corrected chi connectivity index (χ4v) is 3.44. The molecule has 3 N–H and O–H groups in total. The van der Waals surface area contributed by atoms with E-state index < -0.39 is 5.91 Å². The normalized spacial score (nSPS) is 10.8. The number of hydrogen-bond donors (Lipinski definition) is 2. The average molecular weight is 366 g/mol. The third-order valence-electron chi connectivity index (χ3n) is 3.66. The van der Waals surface area contributed by atoms with Crippen LogP contribution < -0.4 is 11.1 Å². The van der Waals surface area contributed by atoms with Crippen molar-refractivity contribution in [2.75, 3.05) is 5.32 Å². The maximum atomic E-state index is 11.8. The second kappa shape index (κ2) is 6.45. The topological polar surface area (TPSA) is 112 Å². The first-order valence-electron chi connectivity index (χ1n) is 7.68. The smallest absolute Gasteiger partial charge is 0.270 e. The van der Waals surface area contributed by atoms with Crippen LogP contribution in [0.5, 0.6) is 0 Å². The van der Waals surface area contributed by atoms with Crippen molar-refractivity contribution in [3.63, 3.8) is 0 Å². The molecule has 0 aliphatic heterocycles. The zero-order chi connectivity index (χ0) is 18.1. The van der Waals surface area contributed by atoms with Crippen LogP contribution in [-0.4, -0.2) is 25.8 Å². The molecule has 0 radical (unpaired) electrons. The number of carbonyl (C=O) groups excluding carboxylic acids is 1. The molecule has 3 aromatic heterocycles. The van der Waals surface area contributed by atoms with Crippen LogP contribution in [0.3, 0.4) is 0 Å². The zero-order valence-corrected chi connectivity index (χ0v) is 14.5. The monoisotopic (exact) mass is 366 g/mol. The van der Waals surface area contributed by atoms with Gasteiger partial charge in [0.1, 0.15) is 22.0 Å². The SMILES string of the molecule is Cn1ccc(Nc2sc(-c3cccc(-c4ccon4)c3)nc2C(N)=O)n1. The Bertz CT molecular complexity index is 1070. The van der Waals surface area contributed by atoms with Crippen molar-refractivity contribution in [3.05, 3.63) is 54.6 Å². The highest BCUT2D eigenvalue weighted by Crippen LogP contribution is 2.35. The van der Waals surface area contributed by atoms with E-state index in [1.165, 1.54) is 17.6 Å². The maximum Gasteiger partial charge on any atom is 0.270 e. The van der Waals surface area contributed by atoms with Gasteiger partial charge < -0.3 is 15.6 Å². The second-order valence-corrected chi connectivity index (χ2v) is 6.53. The van der Waals surface area contributed by atoms with Crippen LogP contribution >= 0.6 is 11.3 Å². The van der Waals surface area contributed by atoms with Crippen LogP contribution in [0.15, 0.2) is 53.4 Å². The third-order valence-corrected chi connectivity index (χ3v) is 4.68. The van der Waals surface area contributed by atoms with Gasteiger partial charge in [-0.1, -0.05) is 34.7 Å². The molecule has 0 aliphatic rings. The van der Waals surface area contributed by atoms with Gasteiger partial charge in [0.05, 0.1) is 0 Å². The van der Waals surface area contributed by atoms with E-state index >= 15 is 0 Å². The average Bonchev–Trinajstić information content (AvgIpc) is 3.36. The Kier molecular flexibility index (Phi) is 3.98. The van der Waals surface area contributed by atoms with Crippen molar-refractivity contribution < 1.29 is 9.32 Å². The van der Waals surface area contributed by atoms with Crippen LogP contribution in [0.2, 0.25) is 0 Å². The number of thiazole rings is 1. The van der Waals surface area contributed by atoms with E-state index in [1.807, 2.05) is 31.3 Å². The summed E-state index contributed by atoms with van der Waals surface area (Å²) in [6.07, 6.45) is 3.32. The molecule has 0 bridgehead atoms. The molecular formula is C17H14N6O2S. The molecule has 0 fully saturated rings. The number of anilines is 2. The number of amides is 1. The molecule has 4 aromatic rings. The van der Waals surface area contributed by atoms with Crippen molar-refractivity contribution in [2.24, 2.45) is 12.8 Å². The summed E-state index contributed by atoms with van der Waals surface area (Å²) in [5.74, 6) is 0.0140. The highest BCUT2D eigenvalue weighted by Gasteiger charge is 2.18. The largest absolute Gasteiger partial charge is 0.364 e. The molecule has 4 rings (SSSR count). The van der Waals surface area contributed by atoms with E-state index in [1.54, 1.807) is 23.0 Å². The third kappa shape index (κ3) is 3.07. The van der Waals surface area contributed by atoms with Gasteiger partial charge in [-0.2, -0.15) is 5.10 Å². The Hall–Kier alpha value is -3.46. The van der Waals surface area contributed by atoms with Gasteiger partial charge in [0.15, 0.2) is 11.5 Å². The maximum absolute atomic E-state index is 11.8. The van der Waals surface area contributed by atoms with E-state index in [2.05, 4.69) is 20.6 Å². The predicted octanol–water partition coefficient (Wildman–Crippen LogP) is 3.04. The number of hydrogen-bond acceptors (Lipinski definition) is 7. The molecule has 0 aliphatic carbocycles. The van der Waals surface area contributed by atoms with Gasteiger partial charge in [0.2, 0.25) is 0 Å². The standard InChI is InChI=1S/C17H14N6O2S/c1-23-7-5-13(21-23)19-17-14(15(18)24)20-16(26-17)11-4-2-3-10(9-11)12-6-8-25-22-12/h2-9H,1H3,(H2,18,24)(H,19,21). The Morgan fingerprint density at radius 2 is 2.12 bits per heavy atom. The lowest BCUT2D eigenvalue weighted by molar-refractivity contribution is 0.0997. The van der Waals surface area contributed by atoms with Crippen LogP contribution in [0.1, 0.15) is 10.5 Å². The number of aromatic nitrogens is 4. The van der Waals surface area contributed by atoms with Crippen molar-refractivity contribution >= 4 is 28.1 Å². The molecule has 3 heterocycles. The number of carbonyl (C=O) groups is 1. The van der Waals surface area contributed by atoms with Crippen LogP contribution in [0, 0.1) is 0 Å². The molecule has 26 heavy (non-hydrogen) atoms. The Morgan fingerprint density at radius 1 is 1.27 bits per heavy atom. The lowest BCUT2D eigenvalue weighted by Crippen LogP contribution is -2.13. The lowest BCUT2D eigenvalue weighted by atomic mass is 10.1. The first-order chi connectivity index (χ1) is 12.6. The van der Waals surface area contributed by atoms with Crippen molar-refractivity contribution in [1.29, 1.82) is 0 Å². The van der Waals surface area contributed by atoms with E-state index in [4.69, 9.17) is 10.3 Å². The van der Waals surface area contributed by atoms with Crippen LogP contribution in [-0.2, 0) is 7.05 Å². The highest BCUT2D eigenvalue weighted by atomic mass is 32.1. The Labute approximate surface area is 152 Å². The Morgan fingerprint density at radius 3 is 2.81 bits per heavy atom. The van der Waals surface area contributed by atoms with Gasteiger partial charge >= 0.3 is 0 Å². The molecule has 0 saturated heterocycles.